The van der Waals surface area contributed by atoms with Crippen molar-refractivity contribution in [1.29, 1.82) is 0 Å². The summed E-state index contributed by atoms with van der Waals surface area (Å²) < 4.78 is 2.62. The van der Waals surface area contributed by atoms with Crippen LogP contribution in [0.4, 0.5) is 0 Å². The highest BCUT2D eigenvalue weighted by molar-refractivity contribution is 6.31. The van der Waals surface area contributed by atoms with Crippen molar-refractivity contribution in [3.05, 3.63) is 73.3 Å². The molecule has 0 saturated heterocycles. The number of hydrogen-bond donors (Lipinski definition) is 0. The Labute approximate surface area is 151 Å². The third-order valence-corrected chi connectivity index (χ3v) is 4.40. The van der Waals surface area contributed by atoms with Crippen molar-refractivity contribution in [3.8, 4) is 17.2 Å². The maximum Gasteiger partial charge on any atom is 0.352 e. The number of rotatable bonds is 1. The van der Waals surface area contributed by atoms with Gasteiger partial charge in [-0.2, -0.15) is 4.98 Å². The lowest BCUT2D eigenvalue weighted by atomic mass is 10.2. The molecule has 0 bridgehead atoms. The van der Waals surface area contributed by atoms with Crippen LogP contribution in [0.5, 0.6) is 0 Å². The summed E-state index contributed by atoms with van der Waals surface area (Å²) >= 11 is 12.1. The molecule has 0 unspecified atom stereocenters. The van der Waals surface area contributed by atoms with Crippen molar-refractivity contribution in [2.24, 2.45) is 7.05 Å². The van der Waals surface area contributed by atoms with Crippen LogP contribution in [-0.4, -0.2) is 19.1 Å². The fourth-order valence-corrected chi connectivity index (χ4v) is 2.96. The molecule has 0 spiro atoms. The van der Waals surface area contributed by atoms with E-state index < -0.39 is 11.2 Å². The fourth-order valence-electron chi connectivity index (χ4n) is 2.67. The van der Waals surface area contributed by atoms with E-state index in [-0.39, 0.29) is 11.5 Å². The summed E-state index contributed by atoms with van der Waals surface area (Å²) in [4.78, 5) is 33.0. The number of hydrogen-bond acceptors (Lipinski definition) is 4. The molecule has 124 valence electrons. The molecule has 0 amide bonds. The second kappa shape index (κ2) is 5.68. The number of halogens is 2. The van der Waals surface area contributed by atoms with Crippen molar-refractivity contribution in [2.45, 2.75) is 0 Å². The zero-order valence-corrected chi connectivity index (χ0v) is 14.4. The van der Waals surface area contributed by atoms with E-state index in [0.717, 1.165) is 4.57 Å². The van der Waals surface area contributed by atoms with E-state index in [0.29, 0.717) is 26.8 Å². The van der Waals surface area contributed by atoms with Gasteiger partial charge in [0.1, 0.15) is 0 Å². The predicted octanol–water partition coefficient (Wildman–Crippen LogP) is 2.89. The quantitative estimate of drug-likeness (QED) is 0.481. The molecule has 0 aromatic heterocycles. The van der Waals surface area contributed by atoms with E-state index >= 15 is 0 Å². The Morgan fingerprint density at radius 3 is 2.32 bits per heavy atom. The molecule has 0 saturated carbocycles. The van der Waals surface area contributed by atoms with Gasteiger partial charge < -0.3 is 0 Å². The van der Waals surface area contributed by atoms with Gasteiger partial charge in [0.2, 0.25) is 0 Å². The second-order valence-electron chi connectivity index (χ2n) is 5.49. The Morgan fingerprint density at radius 1 is 0.920 bits per heavy atom. The topological polar surface area (TPSA) is 69.8 Å². The highest BCUT2D eigenvalue weighted by Gasteiger charge is 2.21. The van der Waals surface area contributed by atoms with Crippen molar-refractivity contribution in [2.75, 3.05) is 0 Å². The van der Waals surface area contributed by atoms with E-state index in [1.807, 2.05) is 0 Å². The first kappa shape index (κ1) is 15.8. The monoisotopic (exact) mass is 372 g/mol. The van der Waals surface area contributed by atoms with Gasteiger partial charge in [0, 0.05) is 22.8 Å². The summed E-state index contributed by atoms with van der Waals surface area (Å²) in [5.74, 6) is 0.171. The highest BCUT2D eigenvalue weighted by atomic mass is 35.5. The molecular weight excluding hydrogens is 363 g/mol. The van der Waals surface area contributed by atoms with Gasteiger partial charge in [0.25, 0.3) is 5.56 Å². The van der Waals surface area contributed by atoms with Crippen LogP contribution < -0.4 is 11.2 Å². The van der Waals surface area contributed by atoms with Crippen LogP contribution in [0.2, 0.25) is 10.0 Å². The summed E-state index contributed by atoms with van der Waals surface area (Å²) in [5, 5.41) is 1.07. The van der Waals surface area contributed by atoms with Crippen LogP contribution >= 0.6 is 23.2 Å². The molecule has 2 aromatic carbocycles. The van der Waals surface area contributed by atoms with Crippen LogP contribution in [0, 0.1) is 0 Å². The first-order chi connectivity index (χ1) is 12.0. The second-order valence-corrected chi connectivity index (χ2v) is 6.36. The lowest BCUT2D eigenvalue weighted by Gasteiger charge is -2.17. The minimum atomic E-state index is -0.650. The number of benzene rings is 2. The molecule has 6 nitrogen and oxygen atoms in total. The minimum absolute atomic E-state index is 0.104. The van der Waals surface area contributed by atoms with Crippen LogP contribution in [0.15, 0.2) is 52.1 Å². The molecule has 25 heavy (non-hydrogen) atoms. The molecule has 2 aliphatic rings. The summed E-state index contributed by atoms with van der Waals surface area (Å²) in [6, 6.07) is 12.1. The largest absolute Gasteiger partial charge is 0.352 e. The summed E-state index contributed by atoms with van der Waals surface area (Å²) in [5.41, 5.74) is 0.820. The summed E-state index contributed by atoms with van der Waals surface area (Å²) in [6.45, 7) is 0. The Kier molecular flexibility index (Phi) is 3.59. The molecule has 8 heteroatoms. The lowest BCUT2D eigenvalue weighted by molar-refractivity contribution is 0.759. The van der Waals surface area contributed by atoms with Crippen LogP contribution in [0.25, 0.3) is 28.2 Å². The molecule has 4 rings (SSSR count). The third-order valence-electron chi connectivity index (χ3n) is 3.91. The van der Waals surface area contributed by atoms with Crippen molar-refractivity contribution in [1.82, 2.24) is 19.1 Å². The standard InChI is InChI=1S/C17H10Cl2N4O2/c1-22-16(24)14-15(21-17(22)25)23(11-5-2-9(18)3-6-11)13-8-10(19)4-7-12(13)20-14/h2-8H,1H3. The van der Waals surface area contributed by atoms with E-state index in [1.54, 1.807) is 47.0 Å². The fraction of sp³-hybridized carbons (Fsp3) is 0.0588. The molecule has 0 fully saturated rings. The first-order valence-electron chi connectivity index (χ1n) is 7.31. The molecule has 0 radical (unpaired) electrons. The molecule has 0 atom stereocenters. The van der Waals surface area contributed by atoms with Gasteiger partial charge in [0.05, 0.1) is 11.0 Å². The van der Waals surface area contributed by atoms with E-state index in [2.05, 4.69) is 9.97 Å². The van der Waals surface area contributed by atoms with Crippen molar-refractivity contribution >= 4 is 34.2 Å². The molecule has 2 aliphatic heterocycles. The Balaban J connectivity index is 2.26. The smallest absolute Gasteiger partial charge is 0.291 e. The maximum atomic E-state index is 12.5. The van der Waals surface area contributed by atoms with E-state index in [4.69, 9.17) is 23.2 Å². The van der Waals surface area contributed by atoms with Gasteiger partial charge >= 0.3 is 5.69 Å². The van der Waals surface area contributed by atoms with Gasteiger partial charge in [-0.25, -0.2) is 9.78 Å². The SMILES string of the molecule is Cn1c(=O)nc2n(-c3ccc(Cl)cc3)c3cc(Cl)ccc3nc-2c1=O. The van der Waals surface area contributed by atoms with Gasteiger partial charge in [-0.05, 0) is 42.5 Å². The predicted molar refractivity (Wildman–Crippen MR) is 97.0 cm³/mol. The zero-order chi connectivity index (χ0) is 17.7. The molecular formula is C17H10Cl2N4O2. The summed E-state index contributed by atoms with van der Waals surface area (Å²) in [6.07, 6.45) is 0. The van der Waals surface area contributed by atoms with E-state index in [9.17, 15) is 9.59 Å². The number of fused-ring (bicyclic) bond motifs is 2. The van der Waals surface area contributed by atoms with Crippen molar-refractivity contribution in [3.63, 3.8) is 0 Å². The minimum Gasteiger partial charge on any atom is -0.291 e. The third kappa shape index (κ3) is 2.50. The Hall–Kier alpha value is -2.70. The molecule has 2 heterocycles. The molecule has 0 aliphatic carbocycles. The highest BCUT2D eigenvalue weighted by Crippen LogP contribution is 2.27. The van der Waals surface area contributed by atoms with Crippen LogP contribution in [-0.2, 0) is 7.05 Å². The zero-order valence-electron chi connectivity index (χ0n) is 12.9. The molecule has 0 N–H and O–H groups in total. The normalized spacial score (nSPS) is 11.3. The van der Waals surface area contributed by atoms with Crippen molar-refractivity contribution < 1.29 is 0 Å². The van der Waals surface area contributed by atoms with Gasteiger partial charge in [0.15, 0.2) is 11.5 Å². The maximum absolute atomic E-state index is 12.5. The van der Waals surface area contributed by atoms with Gasteiger partial charge in [-0.15, -0.1) is 0 Å². The number of nitrogens with zero attached hydrogens (tertiary/aromatic N) is 4. The Bertz CT molecular complexity index is 1210. The van der Waals surface area contributed by atoms with E-state index in [1.165, 1.54) is 7.05 Å². The van der Waals surface area contributed by atoms with Crippen LogP contribution in [0.3, 0.4) is 0 Å². The average molecular weight is 373 g/mol. The van der Waals surface area contributed by atoms with Gasteiger partial charge in [-0.3, -0.25) is 13.9 Å². The Morgan fingerprint density at radius 2 is 1.60 bits per heavy atom. The lowest BCUT2D eigenvalue weighted by Crippen LogP contribution is -2.36. The average Bonchev–Trinajstić information content (AvgIpc) is 2.60. The summed E-state index contributed by atoms with van der Waals surface area (Å²) in [7, 11) is 1.37. The molecule has 2 aromatic rings. The van der Waals surface area contributed by atoms with Gasteiger partial charge in [-0.1, -0.05) is 23.2 Å². The first-order valence-corrected chi connectivity index (χ1v) is 8.06. The number of aromatic nitrogens is 4. The van der Waals surface area contributed by atoms with Crippen LogP contribution in [0.1, 0.15) is 0 Å².